The summed E-state index contributed by atoms with van der Waals surface area (Å²) >= 11 is 0. The Balaban J connectivity index is 1.41. The molecule has 1 N–H and O–H groups in total. The van der Waals surface area contributed by atoms with E-state index in [-0.39, 0.29) is 24.4 Å². The Morgan fingerprint density at radius 3 is 2.27 bits per heavy atom. The number of morpholine rings is 1. The topological polar surface area (TPSA) is 98.6 Å². The predicted molar refractivity (Wildman–Crippen MR) is 199 cm³/mol. The van der Waals surface area contributed by atoms with Gasteiger partial charge in [0.05, 0.1) is 18.8 Å². The number of hydrogen-bond acceptors (Lipinski definition) is 5. The highest BCUT2D eigenvalue weighted by atomic mass is 16.5. The SMILES string of the molecule is CCCCN(CCCC)C(=O)c1cc(-c2cc3c(cc2C(=O)N2Cc4ccccc4C[C@H]2CCN2CCOCC2)CN(C(=O)O)CC3)n(C)c1C. The third kappa shape index (κ3) is 8.02. The standard InChI is InChI=1S/C41H55N5O5/c1-5-7-15-44(16-8-6-2)39(47)35-26-38(42(4)29(35)3)36-24-31-13-18-45(41(49)50)27-33(31)25-37(36)40(48)46-28-32-12-10-9-11-30(32)23-34(46)14-17-43-19-21-51-22-20-43/h9-12,24-26,34H,5-8,13-23,27-28H2,1-4H3,(H,49,50)/t34-/m1/s1. The lowest BCUT2D eigenvalue weighted by Gasteiger charge is -2.39. The molecule has 0 bridgehead atoms. The van der Waals surface area contributed by atoms with E-state index in [1.807, 2.05) is 42.0 Å². The lowest BCUT2D eigenvalue weighted by Crippen LogP contribution is -2.47. The van der Waals surface area contributed by atoms with Crippen LogP contribution in [0.4, 0.5) is 4.79 Å². The first-order valence-corrected chi connectivity index (χ1v) is 19.0. The third-order valence-electron chi connectivity index (χ3n) is 11.2. The van der Waals surface area contributed by atoms with Crippen LogP contribution in [0.25, 0.3) is 11.3 Å². The van der Waals surface area contributed by atoms with E-state index < -0.39 is 6.09 Å². The van der Waals surface area contributed by atoms with E-state index in [0.717, 1.165) is 118 Å². The molecule has 10 nitrogen and oxygen atoms in total. The zero-order valence-electron chi connectivity index (χ0n) is 31.0. The summed E-state index contributed by atoms with van der Waals surface area (Å²) in [7, 11) is 1.98. The normalized spacial score (nSPS) is 17.6. The average molecular weight is 698 g/mol. The molecule has 0 aliphatic carbocycles. The van der Waals surface area contributed by atoms with Gasteiger partial charge in [-0.3, -0.25) is 14.5 Å². The first-order chi connectivity index (χ1) is 24.7. The molecule has 0 radical (unpaired) electrons. The Morgan fingerprint density at radius 1 is 0.882 bits per heavy atom. The number of ether oxygens (including phenoxy) is 1. The molecule has 6 rings (SSSR count). The van der Waals surface area contributed by atoms with E-state index in [1.54, 1.807) is 0 Å². The van der Waals surface area contributed by atoms with Crippen molar-refractivity contribution < 1.29 is 24.2 Å². The van der Waals surface area contributed by atoms with Crippen molar-refractivity contribution in [2.75, 3.05) is 52.5 Å². The molecule has 1 fully saturated rings. The largest absolute Gasteiger partial charge is 0.465 e. The molecular formula is C41H55N5O5. The van der Waals surface area contributed by atoms with Gasteiger partial charge < -0.3 is 29.1 Å². The number of nitrogens with zero attached hydrogens (tertiary/aromatic N) is 5. The number of amides is 3. The van der Waals surface area contributed by atoms with Crippen LogP contribution in [0, 0.1) is 6.92 Å². The summed E-state index contributed by atoms with van der Waals surface area (Å²) < 4.78 is 7.64. The molecule has 0 unspecified atom stereocenters. The summed E-state index contributed by atoms with van der Waals surface area (Å²) in [4.78, 5) is 49.1. The van der Waals surface area contributed by atoms with Gasteiger partial charge in [-0.15, -0.1) is 0 Å². The predicted octanol–water partition coefficient (Wildman–Crippen LogP) is 6.37. The van der Waals surface area contributed by atoms with E-state index in [0.29, 0.717) is 30.6 Å². The molecule has 274 valence electrons. The van der Waals surface area contributed by atoms with Gasteiger partial charge in [0.25, 0.3) is 11.8 Å². The van der Waals surface area contributed by atoms with E-state index in [9.17, 15) is 14.7 Å². The highest BCUT2D eigenvalue weighted by molar-refractivity contribution is 6.03. The average Bonchev–Trinajstić information content (AvgIpc) is 3.45. The summed E-state index contributed by atoms with van der Waals surface area (Å²) in [6.45, 7) is 13.0. The minimum Gasteiger partial charge on any atom is -0.465 e. The molecule has 1 saturated heterocycles. The Bertz CT molecular complexity index is 1720. The molecule has 0 spiro atoms. The van der Waals surface area contributed by atoms with Crippen LogP contribution in [0.3, 0.4) is 0 Å². The van der Waals surface area contributed by atoms with Crippen molar-refractivity contribution in [2.24, 2.45) is 7.05 Å². The van der Waals surface area contributed by atoms with Crippen LogP contribution in [0.15, 0.2) is 42.5 Å². The summed E-state index contributed by atoms with van der Waals surface area (Å²) in [5.74, 6) is -0.0176. The Morgan fingerprint density at radius 2 is 1.59 bits per heavy atom. The summed E-state index contributed by atoms with van der Waals surface area (Å²) in [6.07, 6.45) is 5.19. The number of fused-ring (bicyclic) bond motifs is 2. The minimum absolute atomic E-state index is 0.00706. The molecular weight excluding hydrogens is 642 g/mol. The molecule has 10 heteroatoms. The van der Waals surface area contributed by atoms with Crippen molar-refractivity contribution in [3.8, 4) is 11.3 Å². The van der Waals surface area contributed by atoms with Crippen molar-refractivity contribution in [1.82, 2.24) is 24.2 Å². The van der Waals surface area contributed by atoms with Crippen molar-refractivity contribution >= 4 is 17.9 Å². The van der Waals surface area contributed by atoms with Crippen LogP contribution >= 0.6 is 0 Å². The zero-order valence-corrected chi connectivity index (χ0v) is 31.0. The van der Waals surface area contributed by atoms with Crippen LogP contribution in [0.1, 0.15) is 94.6 Å². The fraction of sp³-hybridized carbons (Fsp3) is 0.537. The summed E-state index contributed by atoms with van der Waals surface area (Å²) in [5, 5.41) is 9.85. The molecule has 3 aromatic rings. The Kier molecular flexibility index (Phi) is 11.8. The molecule has 3 aliphatic rings. The highest BCUT2D eigenvalue weighted by Crippen LogP contribution is 2.36. The summed E-state index contributed by atoms with van der Waals surface area (Å²) in [5.41, 5.74) is 8.09. The minimum atomic E-state index is -0.953. The smallest absolute Gasteiger partial charge is 0.407 e. The first-order valence-electron chi connectivity index (χ1n) is 19.0. The van der Waals surface area contributed by atoms with E-state index in [1.165, 1.54) is 10.5 Å². The lowest BCUT2D eigenvalue weighted by molar-refractivity contribution is 0.0308. The molecule has 1 atom stereocenters. The summed E-state index contributed by atoms with van der Waals surface area (Å²) in [6, 6.07) is 14.4. The quantitative estimate of drug-likeness (QED) is 0.236. The van der Waals surface area contributed by atoms with Gasteiger partial charge in [0.2, 0.25) is 0 Å². The number of carbonyl (C=O) groups excluding carboxylic acids is 2. The molecule has 1 aromatic heterocycles. The van der Waals surface area contributed by atoms with Crippen molar-refractivity contribution in [3.63, 3.8) is 0 Å². The van der Waals surface area contributed by atoms with Gasteiger partial charge in [-0.05, 0) is 79.5 Å². The number of unbranched alkanes of at least 4 members (excludes halogenated alkanes) is 2. The number of aromatic nitrogens is 1. The van der Waals surface area contributed by atoms with Crippen LogP contribution in [0.2, 0.25) is 0 Å². The fourth-order valence-electron chi connectivity index (χ4n) is 7.91. The molecule has 4 heterocycles. The Labute approximate surface area is 303 Å². The second kappa shape index (κ2) is 16.5. The van der Waals surface area contributed by atoms with Gasteiger partial charge >= 0.3 is 6.09 Å². The van der Waals surface area contributed by atoms with Crippen LogP contribution in [0.5, 0.6) is 0 Å². The fourth-order valence-corrected chi connectivity index (χ4v) is 7.91. The number of carboxylic acid groups (broad SMARTS) is 1. The van der Waals surface area contributed by atoms with Gasteiger partial charge in [-0.25, -0.2) is 4.79 Å². The van der Waals surface area contributed by atoms with Gasteiger partial charge in [-0.1, -0.05) is 51.0 Å². The maximum atomic E-state index is 15.1. The van der Waals surface area contributed by atoms with Gasteiger partial charge in [0.1, 0.15) is 0 Å². The maximum Gasteiger partial charge on any atom is 0.407 e. The van der Waals surface area contributed by atoms with Gasteiger partial charge in [0, 0.05) is 88.0 Å². The van der Waals surface area contributed by atoms with Crippen LogP contribution in [-0.4, -0.2) is 106 Å². The van der Waals surface area contributed by atoms with E-state index >= 15 is 4.79 Å². The lowest BCUT2D eigenvalue weighted by atomic mass is 9.88. The highest BCUT2D eigenvalue weighted by Gasteiger charge is 2.34. The molecule has 51 heavy (non-hydrogen) atoms. The van der Waals surface area contributed by atoms with Crippen molar-refractivity contribution in [2.45, 2.75) is 84.8 Å². The van der Waals surface area contributed by atoms with Crippen molar-refractivity contribution in [3.05, 3.63) is 81.5 Å². The van der Waals surface area contributed by atoms with Gasteiger partial charge in [0.15, 0.2) is 0 Å². The van der Waals surface area contributed by atoms with Crippen LogP contribution < -0.4 is 0 Å². The van der Waals surface area contributed by atoms with Gasteiger partial charge in [-0.2, -0.15) is 0 Å². The van der Waals surface area contributed by atoms with E-state index in [2.05, 4.69) is 47.6 Å². The van der Waals surface area contributed by atoms with Crippen LogP contribution in [-0.2, 0) is 37.7 Å². The second-order valence-corrected chi connectivity index (χ2v) is 14.5. The second-order valence-electron chi connectivity index (χ2n) is 14.5. The van der Waals surface area contributed by atoms with Crippen molar-refractivity contribution in [1.29, 1.82) is 0 Å². The number of rotatable bonds is 12. The molecule has 0 saturated carbocycles. The molecule has 3 aliphatic heterocycles. The first kappa shape index (κ1) is 36.6. The third-order valence-corrected chi connectivity index (χ3v) is 11.2. The molecule has 3 amide bonds. The number of benzene rings is 2. The molecule has 2 aromatic carbocycles. The Hall–Kier alpha value is -4.15. The monoisotopic (exact) mass is 697 g/mol. The maximum absolute atomic E-state index is 15.1. The number of carbonyl (C=O) groups is 3. The zero-order chi connectivity index (χ0) is 36.1. The number of hydrogen-bond donors (Lipinski definition) is 1. The van der Waals surface area contributed by atoms with E-state index in [4.69, 9.17) is 4.74 Å².